The van der Waals surface area contributed by atoms with Crippen molar-refractivity contribution < 1.29 is 4.74 Å². The average Bonchev–Trinajstić information content (AvgIpc) is 3.56. The van der Waals surface area contributed by atoms with Gasteiger partial charge >= 0.3 is 0 Å². The fourth-order valence-corrected chi connectivity index (χ4v) is 12.9. The van der Waals surface area contributed by atoms with E-state index in [-0.39, 0.29) is 11.3 Å². The predicted molar refractivity (Wildman–Crippen MR) is 289 cm³/mol. The second kappa shape index (κ2) is 15.6. The maximum absolute atomic E-state index is 7.36. The van der Waals surface area contributed by atoms with Crippen LogP contribution in [0.4, 0.5) is 22.7 Å². The SMILES string of the molecule is CC1(C)c2ccccc2-c2ccc(N(c3ccc4c(c3)-c3ccccc3C43c4ccccc4OC4=C(N5CC6=C(CC=CC=C6)c6ccccc65)C=CC=CC43)c3ccccc3-c3ccccc3)cc21. The molecular formula is C67H50N2O. The first-order chi connectivity index (χ1) is 34.5. The van der Waals surface area contributed by atoms with E-state index in [9.17, 15) is 0 Å². The standard InChI is InChI=1S/C67H50N2O/c1-66(2)55-29-13-9-26-50(55)52-39-37-47(42-60(52)66)69(62-34-18-11-25-49(62)44-21-5-3-6-22-44)46-38-40-57-54(41-46)51-27-10-14-30-56(51)67(57)58-31-16-20-36-64(58)70-65-59(67)32-15-19-35-63(65)68-43-45-23-7-4-8-24-48(45)53-28-12-17-33-61(53)68/h3-23,25-42,59H,24,43H2,1-2H3. The van der Waals surface area contributed by atoms with Crippen LogP contribution in [-0.2, 0) is 10.8 Å². The van der Waals surface area contributed by atoms with Gasteiger partial charge in [-0.05, 0) is 116 Å². The molecule has 14 rings (SSSR count). The van der Waals surface area contributed by atoms with Gasteiger partial charge in [0.2, 0.25) is 0 Å². The first kappa shape index (κ1) is 40.6. The van der Waals surface area contributed by atoms with Gasteiger partial charge in [0, 0.05) is 45.7 Å². The number of allylic oxidation sites excluding steroid dienone is 8. The van der Waals surface area contributed by atoms with E-state index in [2.05, 4.69) is 260 Å². The molecule has 6 aliphatic rings. The monoisotopic (exact) mass is 898 g/mol. The van der Waals surface area contributed by atoms with Gasteiger partial charge in [-0.3, -0.25) is 0 Å². The topological polar surface area (TPSA) is 15.7 Å². The van der Waals surface area contributed by atoms with Crippen LogP contribution in [0.5, 0.6) is 5.75 Å². The number of nitrogens with zero attached hydrogens (tertiary/aromatic N) is 2. The second-order valence-electron chi connectivity index (χ2n) is 19.9. The molecule has 0 aromatic heterocycles. The minimum Gasteiger partial charge on any atom is -0.459 e. The lowest BCUT2D eigenvalue weighted by Gasteiger charge is -2.45. The Bertz CT molecular complexity index is 3690. The zero-order valence-corrected chi connectivity index (χ0v) is 39.3. The Hall–Kier alpha value is -8.40. The predicted octanol–water partition coefficient (Wildman–Crippen LogP) is 16.6. The maximum atomic E-state index is 7.36. The normalized spacial score (nSPS) is 19.2. The first-order valence-electron chi connectivity index (χ1n) is 24.7. The highest BCUT2D eigenvalue weighted by atomic mass is 16.5. The molecule has 0 bridgehead atoms. The van der Waals surface area contributed by atoms with Crippen molar-refractivity contribution in [3.63, 3.8) is 0 Å². The van der Waals surface area contributed by atoms with E-state index >= 15 is 0 Å². The van der Waals surface area contributed by atoms with Crippen LogP contribution in [0.1, 0.15) is 53.6 Å². The minimum absolute atomic E-state index is 0.156. The van der Waals surface area contributed by atoms with E-state index in [0.717, 1.165) is 47.2 Å². The van der Waals surface area contributed by atoms with E-state index in [1.54, 1.807) is 0 Å². The zero-order chi connectivity index (χ0) is 46.6. The van der Waals surface area contributed by atoms with Crippen LogP contribution in [0.3, 0.4) is 0 Å². The molecule has 0 N–H and O–H groups in total. The summed E-state index contributed by atoms with van der Waals surface area (Å²) >= 11 is 0. The highest BCUT2D eigenvalue weighted by molar-refractivity contribution is 5.94. The molecule has 8 aromatic rings. The lowest BCUT2D eigenvalue weighted by molar-refractivity contribution is 0.284. The number of para-hydroxylation sites is 3. The smallest absolute Gasteiger partial charge is 0.136 e. The molecule has 0 saturated heterocycles. The summed E-state index contributed by atoms with van der Waals surface area (Å²) in [6, 6.07) is 69.9. The van der Waals surface area contributed by atoms with Crippen molar-refractivity contribution in [1.29, 1.82) is 0 Å². The molecule has 2 unspecified atom stereocenters. The summed E-state index contributed by atoms with van der Waals surface area (Å²) in [5, 5.41) is 0. The molecule has 334 valence electrons. The molecule has 0 saturated carbocycles. The van der Waals surface area contributed by atoms with Gasteiger partial charge in [-0.2, -0.15) is 0 Å². The molecule has 0 fully saturated rings. The third-order valence-electron chi connectivity index (χ3n) is 16.0. The summed E-state index contributed by atoms with van der Waals surface area (Å²) in [5.41, 5.74) is 22.9. The molecule has 70 heavy (non-hydrogen) atoms. The van der Waals surface area contributed by atoms with Gasteiger partial charge < -0.3 is 14.5 Å². The molecule has 3 heteroatoms. The fourth-order valence-electron chi connectivity index (χ4n) is 12.9. The van der Waals surface area contributed by atoms with Crippen LogP contribution in [0.25, 0.3) is 39.0 Å². The molecular weight excluding hydrogens is 849 g/mol. The number of rotatable bonds is 5. The Morgan fingerprint density at radius 2 is 1.16 bits per heavy atom. The van der Waals surface area contributed by atoms with Crippen molar-refractivity contribution in [2.75, 3.05) is 16.3 Å². The second-order valence-corrected chi connectivity index (χ2v) is 19.9. The van der Waals surface area contributed by atoms with Crippen molar-refractivity contribution in [2.45, 2.75) is 31.1 Å². The molecule has 2 atom stereocenters. The maximum Gasteiger partial charge on any atom is 0.136 e. The van der Waals surface area contributed by atoms with Crippen molar-refractivity contribution in [2.24, 2.45) is 5.92 Å². The van der Waals surface area contributed by atoms with Crippen molar-refractivity contribution in [1.82, 2.24) is 0 Å². The van der Waals surface area contributed by atoms with E-state index in [1.165, 1.54) is 83.6 Å². The fraction of sp³-hybridized carbons (Fsp3) is 0.104. The Labute approximate surface area is 410 Å². The molecule has 0 amide bonds. The molecule has 1 spiro atoms. The van der Waals surface area contributed by atoms with Gasteiger partial charge in [-0.1, -0.05) is 202 Å². The first-order valence-corrected chi connectivity index (χ1v) is 24.7. The van der Waals surface area contributed by atoms with E-state index in [0.29, 0.717) is 0 Å². The van der Waals surface area contributed by atoms with Gasteiger partial charge in [0.25, 0.3) is 0 Å². The highest BCUT2D eigenvalue weighted by Gasteiger charge is 2.56. The van der Waals surface area contributed by atoms with Crippen LogP contribution < -0.4 is 14.5 Å². The van der Waals surface area contributed by atoms with Gasteiger partial charge in [0.05, 0.1) is 22.7 Å². The summed E-state index contributed by atoms with van der Waals surface area (Å²) in [4.78, 5) is 5.00. The lowest BCUT2D eigenvalue weighted by Crippen LogP contribution is -2.43. The number of hydrogen-bond acceptors (Lipinski definition) is 3. The highest BCUT2D eigenvalue weighted by Crippen LogP contribution is 2.64. The summed E-state index contributed by atoms with van der Waals surface area (Å²) in [6.07, 6.45) is 19.0. The molecule has 2 aliphatic heterocycles. The van der Waals surface area contributed by atoms with E-state index in [1.807, 2.05) is 0 Å². The minimum atomic E-state index is -0.593. The number of hydrogen-bond donors (Lipinski definition) is 0. The van der Waals surface area contributed by atoms with Crippen LogP contribution >= 0.6 is 0 Å². The average molecular weight is 899 g/mol. The number of ether oxygens (including phenoxy) is 1. The van der Waals surface area contributed by atoms with E-state index < -0.39 is 5.41 Å². The third kappa shape index (κ3) is 5.82. The Kier molecular flexibility index (Phi) is 9.04. The van der Waals surface area contributed by atoms with Crippen molar-refractivity contribution >= 4 is 28.3 Å². The van der Waals surface area contributed by atoms with E-state index in [4.69, 9.17) is 4.74 Å². The lowest BCUT2D eigenvalue weighted by atomic mass is 9.61. The Balaban J connectivity index is 0.990. The molecule has 0 radical (unpaired) electrons. The number of anilines is 4. The van der Waals surface area contributed by atoms with Crippen LogP contribution in [0.15, 0.2) is 254 Å². The summed E-state index contributed by atoms with van der Waals surface area (Å²) in [6.45, 7) is 5.50. The molecule has 3 nitrogen and oxygen atoms in total. The van der Waals surface area contributed by atoms with Crippen LogP contribution in [0, 0.1) is 5.92 Å². The molecule has 2 heterocycles. The summed E-state index contributed by atoms with van der Waals surface area (Å²) < 4.78 is 7.36. The van der Waals surface area contributed by atoms with Gasteiger partial charge in [-0.25, -0.2) is 0 Å². The van der Waals surface area contributed by atoms with Crippen LogP contribution in [-0.4, -0.2) is 6.54 Å². The Morgan fingerprint density at radius 1 is 0.514 bits per heavy atom. The summed E-state index contributed by atoms with van der Waals surface area (Å²) in [7, 11) is 0. The van der Waals surface area contributed by atoms with Gasteiger partial charge in [0.15, 0.2) is 0 Å². The van der Waals surface area contributed by atoms with Gasteiger partial charge in [-0.15, -0.1) is 0 Å². The van der Waals surface area contributed by atoms with Crippen molar-refractivity contribution in [3.8, 4) is 39.1 Å². The largest absolute Gasteiger partial charge is 0.459 e. The van der Waals surface area contributed by atoms with Crippen molar-refractivity contribution in [3.05, 3.63) is 287 Å². The Morgan fingerprint density at radius 3 is 2.01 bits per heavy atom. The zero-order valence-electron chi connectivity index (χ0n) is 39.3. The summed E-state index contributed by atoms with van der Waals surface area (Å²) in [5.74, 6) is 1.70. The quantitative estimate of drug-likeness (QED) is 0.171. The number of benzene rings is 8. The number of fused-ring (bicyclic) bond motifs is 14. The van der Waals surface area contributed by atoms with Gasteiger partial charge in [0.1, 0.15) is 11.5 Å². The molecule has 8 aromatic carbocycles. The third-order valence-corrected chi connectivity index (χ3v) is 16.0. The van der Waals surface area contributed by atoms with Crippen LogP contribution in [0.2, 0.25) is 0 Å². The molecule has 4 aliphatic carbocycles.